The quantitative estimate of drug-likeness (QED) is 0.579. The molecule has 2 N–H and O–H groups in total. The van der Waals surface area contributed by atoms with Gasteiger partial charge in [-0.2, -0.15) is 0 Å². The van der Waals surface area contributed by atoms with E-state index in [1.165, 1.54) is 18.0 Å². The first kappa shape index (κ1) is 10.3. The Kier molecular flexibility index (Phi) is 3.15. The zero-order valence-corrected chi connectivity index (χ0v) is 9.80. The molecule has 2 heteroatoms. The van der Waals surface area contributed by atoms with Crippen molar-refractivity contribution in [2.75, 3.05) is 5.73 Å². The first-order valence-electron chi connectivity index (χ1n) is 4.82. The summed E-state index contributed by atoms with van der Waals surface area (Å²) in [5, 5.41) is 0. The van der Waals surface area contributed by atoms with Crippen LogP contribution in [-0.2, 0) is 6.42 Å². The molecule has 0 heterocycles. The van der Waals surface area contributed by atoms with Gasteiger partial charge in [-0.05, 0) is 24.1 Å². The van der Waals surface area contributed by atoms with Crippen LogP contribution < -0.4 is 5.73 Å². The zero-order valence-electron chi connectivity index (χ0n) is 8.80. The van der Waals surface area contributed by atoms with E-state index >= 15 is 0 Å². The minimum Gasteiger partial charge on any atom is -0.399 e. The molecular weight excluding hydrogens is 174 g/mol. The SMILES string of the molecule is C[Si](C)(C)CCc1cccc(N)c1. The molecule has 1 aromatic rings. The summed E-state index contributed by atoms with van der Waals surface area (Å²) in [6.45, 7) is 7.21. The van der Waals surface area contributed by atoms with E-state index in [2.05, 4.69) is 31.8 Å². The van der Waals surface area contributed by atoms with Crippen LogP contribution in [0.3, 0.4) is 0 Å². The molecule has 0 saturated carbocycles. The summed E-state index contributed by atoms with van der Waals surface area (Å²) in [6.07, 6.45) is 1.18. The van der Waals surface area contributed by atoms with Gasteiger partial charge in [-0.25, -0.2) is 0 Å². The second-order valence-corrected chi connectivity index (χ2v) is 10.4. The van der Waals surface area contributed by atoms with E-state index in [1.54, 1.807) is 0 Å². The molecule has 0 amide bonds. The topological polar surface area (TPSA) is 26.0 Å². The summed E-state index contributed by atoms with van der Waals surface area (Å²) < 4.78 is 0. The highest BCUT2D eigenvalue weighted by molar-refractivity contribution is 6.76. The van der Waals surface area contributed by atoms with Gasteiger partial charge in [0.15, 0.2) is 0 Å². The maximum Gasteiger partial charge on any atom is 0.0445 e. The lowest BCUT2D eigenvalue weighted by Gasteiger charge is -2.15. The molecule has 0 atom stereocenters. The van der Waals surface area contributed by atoms with Crippen LogP contribution in [0, 0.1) is 0 Å². The molecule has 0 bridgehead atoms. The lowest BCUT2D eigenvalue weighted by atomic mass is 10.1. The van der Waals surface area contributed by atoms with Gasteiger partial charge in [-0.3, -0.25) is 0 Å². The zero-order chi connectivity index (χ0) is 9.90. The molecule has 0 fully saturated rings. The molecule has 0 aliphatic rings. The Morgan fingerprint density at radius 3 is 2.46 bits per heavy atom. The molecule has 0 radical (unpaired) electrons. The Labute approximate surface area is 82.0 Å². The molecule has 0 aliphatic heterocycles. The largest absolute Gasteiger partial charge is 0.399 e. The standard InChI is InChI=1S/C11H19NSi/c1-13(2,3)8-7-10-5-4-6-11(12)9-10/h4-6,9H,7-8,12H2,1-3H3. The first-order valence-corrected chi connectivity index (χ1v) is 8.52. The number of anilines is 1. The molecule has 1 rings (SSSR count). The Morgan fingerprint density at radius 1 is 1.23 bits per heavy atom. The monoisotopic (exact) mass is 193 g/mol. The fourth-order valence-electron chi connectivity index (χ4n) is 1.27. The van der Waals surface area contributed by atoms with E-state index in [4.69, 9.17) is 5.73 Å². The number of rotatable bonds is 3. The van der Waals surface area contributed by atoms with Gasteiger partial charge < -0.3 is 5.73 Å². The van der Waals surface area contributed by atoms with Gasteiger partial charge in [0, 0.05) is 13.8 Å². The summed E-state index contributed by atoms with van der Waals surface area (Å²) in [6, 6.07) is 9.57. The summed E-state index contributed by atoms with van der Waals surface area (Å²) in [4.78, 5) is 0. The van der Waals surface area contributed by atoms with E-state index in [0.29, 0.717) is 0 Å². The van der Waals surface area contributed by atoms with Crippen LogP contribution in [0.2, 0.25) is 25.7 Å². The Hall–Kier alpha value is -0.763. The van der Waals surface area contributed by atoms with Gasteiger partial charge in [0.25, 0.3) is 0 Å². The van der Waals surface area contributed by atoms with Crippen molar-refractivity contribution in [2.45, 2.75) is 32.1 Å². The summed E-state index contributed by atoms with van der Waals surface area (Å²) in [7, 11) is -0.898. The van der Waals surface area contributed by atoms with Crippen molar-refractivity contribution in [1.82, 2.24) is 0 Å². The van der Waals surface area contributed by atoms with E-state index in [9.17, 15) is 0 Å². The van der Waals surface area contributed by atoms with Gasteiger partial charge in [-0.1, -0.05) is 37.8 Å². The average molecular weight is 193 g/mol. The lowest BCUT2D eigenvalue weighted by Crippen LogP contribution is -2.19. The normalized spacial score (nSPS) is 11.6. The smallest absolute Gasteiger partial charge is 0.0445 e. The summed E-state index contributed by atoms with van der Waals surface area (Å²) >= 11 is 0. The molecule has 0 unspecified atom stereocenters. The van der Waals surface area contributed by atoms with E-state index in [1.807, 2.05) is 12.1 Å². The fourth-order valence-corrected chi connectivity index (χ4v) is 2.31. The van der Waals surface area contributed by atoms with Crippen molar-refractivity contribution in [3.05, 3.63) is 29.8 Å². The van der Waals surface area contributed by atoms with E-state index < -0.39 is 8.07 Å². The highest BCUT2D eigenvalue weighted by Gasteiger charge is 2.12. The Morgan fingerprint density at radius 2 is 1.92 bits per heavy atom. The molecule has 0 aromatic heterocycles. The van der Waals surface area contributed by atoms with Crippen LogP contribution in [0.4, 0.5) is 5.69 Å². The van der Waals surface area contributed by atoms with Crippen molar-refractivity contribution in [3.8, 4) is 0 Å². The van der Waals surface area contributed by atoms with Gasteiger partial charge in [0.1, 0.15) is 0 Å². The minimum atomic E-state index is -0.898. The summed E-state index contributed by atoms with van der Waals surface area (Å²) in [5.74, 6) is 0. The van der Waals surface area contributed by atoms with Crippen molar-refractivity contribution in [3.63, 3.8) is 0 Å². The number of hydrogen-bond acceptors (Lipinski definition) is 1. The maximum atomic E-state index is 5.71. The third-order valence-electron chi connectivity index (χ3n) is 2.11. The third kappa shape index (κ3) is 4.13. The van der Waals surface area contributed by atoms with E-state index in [0.717, 1.165) is 5.69 Å². The average Bonchev–Trinajstić information content (AvgIpc) is 2.00. The van der Waals surface area contributed by atoms with Gasteiger partial charge in [-0.15, -0.1) is 0 Å². The number of hydrogen-bond donors (Lipinski definition) is 1. The Balaban J connectivity index is 2.55. The fraction of sp³-hybridized carbons (Fsp3) is 0.455. The minimum absolute atomic E-state index is 0.882. The highest BCUT2D eigenvalue weighted by atomic mass is 28.3. The second-order valence-electron chi connectivity index (χ2n) is 4.81. The van der Waals surface area contributed by atoms with Crippen molar-refractivity contribution >= 4 is 13.8 Å². The number of aryl methyl sites for hydroxylation is 1. The number of benzene rings is 1. The number of nitrogens with two attached hydrogens (primary N) is 1. The van der Waals surface area contributed by atoms with Crippen LogP contribution in [0.15, 0.2) is 24.3 Å². The third-order valence-corrected chi connectivity index (χ3v) is 3.86. The van der Waals surface area contributed by atoms with Crippen molar-refractivity contribution in [2.24, 2.45) is 0 Å². The predicted octanol–water partition coefficient (Wildman–Crippen LogP) is 3.15. The molecule has 72 valence electrons. The van der Waals surface area contributed by atoms with Crippen LogP contribution >= 0.6 is 0 Å². The highest BCUT2D eigenvalue weighted by Crippen LogP contribution is 2.15. The van der Waals surface area contributed by atoms with Crippen LogP contribution in [-0.4, -0.2) is 8.07 Å². The number of nitrogen functional groups attached to an aromatic ring is 1. The van der Waals surface area contributed by atoms with Crippen LogP contribution in [0.5, 0.6) is 0 Å². The van der Waals surface area contributed by atoms with Crippen LogP contribution in [0.25, 0.3) is 0 Å². The van der Waals surface area contributed by atoms with Gasteiger partial charge in [0.2, 0.25) is 0 Å². The lowest BCUT2D eigenvalue weighted by molar-refractivity contribution is 1.09. The predicted molar refractivity (Wildman–Crippen MR) is 62.7 cm³/mol. The molecule has 1 nitrogen and oxygen atoms in total. The molecule has 0 aliphatic carbocycles. The molecule has 0 spiro atoms. The molecular formula is C11H19NSi. The van der Waals surface area contributed by atoms with Crippen molar-refractivity contribution in [1.29, 1.82) is 0 Å². The van der Waals surface area contributed by atoms with Gasteiger partial charge >= 0.3 is 0 Å². The summed E-state index contributed by atoms with van der Waals surface area (Å²) in [5.41, 5.74) is 7.97. The van der Waals surface area contributed by atoms with Gasteiger partial charge in [0.05, 0.1) is 0 Å². The molecule has 1 aromatic carbocycles. The Bertz CT molecular complexity index is 276. The second kappa shape index (κ2) is 3.96. The molecule has 0 saturated heterocycles. The first-order chi connectivity index (χ1) is 5.97. The maximum absolute atomic E-state index is 5.71. The van der Waals surface area contributed by atoms with Crippen molar-refractivity contribution < 1.29 is 0 Å². The molecule has 13 heavy (non-hydrogen) atoms. The van der Waals surface area contributed by atoms with E-state index in [-0.39, 0.29) is 0 Å². The van der Waals surface area contributed by atoms with Crippen LogP contribution in [0.1, 0.15) is 5.56 Å².